The van der Waals surface area contributed by atoms with Crippen LogP contribution in [0.5, 0.6) is 5.75 Å². The maximum atomic E-state index is 12.0. The lowest BCUT2D eigenvalue weighted by molar-refractivity contribution is -0.120. The van der Waals surface area contributed by atoms with Gasteiger partial charge in [-0.15, -0.1) is 0 Å². The predicted octanol–water partition coefficient (Wildman–Crippen LogP) is 3.76. The number of amides is 1. The number of hydrogen-bond donors (Lipinski definition) is 1. The maximum absolute atomic E-state index is 12.0. The number of carbonyl (C=O) groups is 1. The van der Waals surface area contributed by atoms with E-state index in [4.69, 9.17) is 9.72 Å². The van der Waals surface area contributed by atoms with Crippen molar-refractivity contribution in [2.24, 2.45) is 0 Å². The monoisotopic (exact) mass is 397 g/mol. The Hall–Kier alpha value is -4.00. The molecule has 1 aliphatic heterocycles. The van der Waals surface area contributed by atoms with Gasteiger partial charge in [-0.2, -0.15) is 0 Å². The number of carbonyl (C=O) groups excluding carboxylic acids is 1. The molecule has 0 bridgehead atoms. The molecule has 1 N–H and O–H groups in total. The Morgan fingerprint density at radius 2 is 1.87 bits per heavy atom. The molecule has 2 aromatic carbocycles. The molecule has 0 spiro atoms. The highest BCUT2D eigenvalue weighted by atomic mass is 16.5. The van der Waals surface area contributed by atoms with E-state index in [0.29, 0.717) is 11.6 Å². The van der Waals surface area contributed by atoms with Crippen LogP contribution in [0.3, 0.4) is 0 Å². The summed E-state index contributed by atoms with van der Waals surface area (Å²) in [7, 11) is 3.61. The van der Waals surface area contributed by atoms with Crippen molar-refractivity contribution in [3.63, 3.8) is 0 Å². The van der Waals surface area contributed by atoms with Gasteiger partial charge in [0.2, 0.25) is 0 Å². The summed E-state index contributed by atoms with van der Waals surface area (Å²) in [5.74, 6) is 2.02. The summed E-state index contributed by atoms with van der Waals surface area (Å²) < 4.78 is 5.53. The summed E-state index contributed by atoms with van der Waals surface area (Å²) in [6, 6.07) is 15.7. The number of rotatable bonds is 3. The molecule has 7 heteroatoms. The predicted molar refractivity (Wildman–Crippen MR) is 117 cm³/mol. The van der Waals surface area contributed by atoms with Gasteiger partial charge in [0.25, 0.3) is 5.91 Å². The third-order valence-electron chi connectivity index (χ3n) is 5.23. The van der Waals surface area contributed by atoms with Gasteiger partial charge in [0.05, 0.1) is 11.2 Å². The van der Waals surface area contributed by atoms with E-state index in [-0.39, 0.29) is 12.5 Å². The summed E-state index contributed by atoms with van der Waals surface area (Å²) in [6.07, 6.45) is 3.48. The highest BCUT2D eigenvalue weighted by molar-refractivity contribution is 5.99. The summed E-state index contributed by atoms with van der Waals surface area (Å²) in [4.78, 5) is 27.2. The largest absolute Gasteiger partial charge is 0.482 e. The average Bonchev–Trinajstić information content (AvgIpc) is 2.81. The van der Waals surface area contributed by atoms with Crippen LogP contribution in [0.1, 0.15) is 0 Å². The van der Waals surface area contributed by atoms with E-state index >= 15 is 0 Å². The second kappa shape index (κ2) is 7.11. The van der Waals surface area contributed by atoms with Crippen LogP contribution in [-0.4, -0.2) is 41.6 Å². The Kier molecular flexibility index (Phi) is 4.28. The number of aromatic nitrogens is 3. The first-order chi connectivity index (χ1) is 14.6. The fourth-order valence-electron chi connectivity index (χ4n) is 3.57. The van der Waals surface area contributed by atoms with Crippen molar-refractivity contribution >= 4 is 28.3 Å². The van der Waals surface area contributed by atoms with Gasteiger partial charge in [-0.1, -0.05) is 12.1 Å². The number of hydrogen-bond acceptors (Lipinski definition) is 6. The number of ether oxygens (including phenoxy) is 1. The number of likely N-dealkylation sites (N-methyl/N-ethyl adjacent to an activating group) is 1. The summed E-state index contributed by atoms with van der Waals surface area (Å²) in [5.41, 5.74) is 4.46. The molecule has 1 aliphatic rings. The SMILES string of the molecule is CNc1nc(-c2cccnc2)nc2ccc(-c3ccc4c(c3)N(C)C(=O)CO4)cc12. The summed E-state index contributed by atoms with van der Waals surface area (Å²) >= 11 is 0. The molecular formula is C23H19N5O2. The number of anilines is 2. The van der Waals surface area contributed by atoms with Crippen LogP contribution in [0.15, 0.2) is 60.9 Å². The van der Waals surface area contributed by atoms with Crippen LogP contribution in [0.2, 0.25) is 0 Å². The van der Waals surface area contributed by atoms with Crippen LogP contribution >= 0.6 is 0 Å². The molecule has 0 aliphatic carbocycles. The zero-order valence-electron chi connectivity index (χ0n) is 16.6. The molecule has 3 heterocycles. The molecule has 148 valence electrons. The lowest BCUT2D eigenvalue weighted by atomic mass is 10.0. The fourth-order valence-corrected chi connectivity index (χ4v) is 3.57. The number of pyridine rings is 1. The Balaban J connectivity index is 1.61. The van der Waals surface area contributed by atoms with Gasteiger partial charge in [-0.05, 0) is 47.5 Å². The fraction of sp³-hybridized carbons (Fsp3) is 0.130. The van der Waals surface area contributed by atoms with Gasteiger partial charge < -0.3 is 15.0 Å². The van der Waals surface area contributed by atoms with Gasteiger partial charge in [0, 0.05) is 37.4 Å². The minimum atomic E-state index is -0.0630. The molecule has 0 fully saturated rings. The van der Waals surface area contributed by atoms with Crippen molar-refractivity contribution in [3.8, 4) is 28.3 Å². The molecular weight excluding hydrogens is 378 g/mol. The number of benzene rings is 2. The van der Waals surface area contributed by atoms with Gasteiger partial charge >= 0.3 is 0 Å². The van der Waals surface area contributed by atoms with E-state index in [0.717, 1.165) is 39.1 Å². The van der Waals surface area contributed by atoms with E-state index in [1.54, 1.807) is 24.3 Å². The van der Waals surface area contributed by atoms with Gasteiger partial charge in [-0.25, -0.2) is 9.97 Å². The van der Waals surface area contributed by atoms with Crippen molar-refractivity contribution in [3.05, 3.63) is 60.9 Å². The third kappa shape index (κ3) is 3.00. The van der Waals surface area contributed by atoms with Crippen LogP contribution in [-0.2, 0) is 4.79 Å². The number of nitrogens with one attached hydrogen (secondary N) is 1. The summed E-state index contributed by atoms with van der Waals surface area (Å²) in [5, 5.41) is 4.09. The average molecular weight is 397 g/mol. The maximum Gasteiger partial charge on any atom is 0.264 e. The lowest BCUT2D eigenvalue weighted by Gasteiger charge is -2.26. The highest BCUT2D eigenvalue weighted by Gasteiger charge is 2.22. The topological polar surface area (TPSA) is 80.2 Å². The minimum absolute atomic E-state index is 0.0630. The molecule has 0 atom stereocenters. The minimum Gasteiger partial charge on any atom is -0.482 e. The summed E-state index contributed by atoms with van der Waals surface area (Å²) in [6.45, 7) is 0.0704. The normalized spacial score (nSPS) is 13.1. The Labute approximate surface area is 173 Å². The lowest BCUT2D eigenvalue weighted by Crippen LogP contribution is -2.35. The Bertz CT molecular complexity index is 1270. The quantitative estimate of drug-likeness (QED) is 0.567. The molecule has 0 unspecified atom stereocenters. The van der Waals surface area contributed by atoms with Crippen molar-refractivity contribution in [1.29, 1.82) is 0 Å². The second-order valence-electron chi connectivity index (χ2n) is 7.04. The van der Waals surface area contributed by atoms with E-state index in [1.807, 2.05) is 49.5 Å². The van der Waals surface area contributed by atoms with Gasteiger partial charge in [0.1, 0.15) is 11.6 Å². The molecule has 0 saturated carbocycles. The van der Waals surface area contributed by atoms with E-state index in [1.165, 1.54) is 0 Å². The van der Waals surface area contributed by atoms with Crippen molar-refractivity contribution < 1.29 is 9.53 Å². The molecule has 7 nitrogen and oxygen atoms in total. The van der Waals surface area contributed by atoms with Crippen LogP contribution in [0.25, 0.3) is 33.4 Å². The third-order valence-corrected chi connectivity index (χ3v) is 5.23. The molecule has 5 rings (SSSR count). The Morgan fingerprint density at radius 1 is 1.03 bits per heavy atom. The van der Waals surface area contributed by atoms with Crippen molar-refractivity contribution in [2.75, 3.05) is 30.9 Å². The highest BCUT2D eigenvalue weighted by Crippen LogP contribution is 2.36. The van der Waals surface area contributed by atoms with Crippen molar-refractivity contribution in [1.82, 2.24) is 15.0 Å². The first-order valence-corrected chi connectivity index (χ1v) is 9.58. The van der Waals surface area contributed by atoms with Crippen molar-refractivity contribution in [2.45, 2.75) is 0 Å². The standard InChI is InChI=1S/C23H19N5O2/c1-24-23-17-10-14(15-6-8-20-19(11-15)28(2)21(29)13-30-20)5-7-18(17)26-22(27-23)16-4-3-9-25-12-16/h3-12H,13H2,1-2H3,(H,24,26,27). The molecule has 1 amide bonds. The van der Waals surface area contributed by atoms with E-state index in [9.17, 15) is 4.79 Å². The zero-order chi connectivity index (χ0) is 20.7. The number of nitrogens with zero attached hydrogens (tertiary/aromatic N) is 4. The smallest absolute Gasteiger partial charge is 0.264 e. The van der Waals surface area contributed by atoms with E-state index in [2.05, 4.69) is 21.4 Å². The molecule has 2 aromatic heterocycles. The Morgan fingerprint density at radius 3 is 2.67 bits per heavy atom. The van der Waals surface area contributed by atoms with Gasteiger partial charge in [-0.3, -0.25) is 9.78 Å². The second-order valence-corrected chi connectivity index (χ2v) is 7.04. The van der Waals surface area contributed by atoms with Crippen LogP contribution in [0, 0.1) is 0 Å². The first-order valence-electron chi connectivity index (χ1n) is 9.58. The molecule has 0 radical (unpaired) electrons. The van der Waals surface area contributed by atoms with Crippen LogP contribution in [0.4, 0.5) is 11.5 Å². The van der Waals surface area contributed by atoms with Crippen LogP contribution < -0.4 is 15.0 Å². The molecule has 4 aromatic rings. The number of fused-ring (bicyclic) bond motifs is 2. The van der Waals surface area contributed by atoms with Gasteiger partial charge in [0.15, 0.2) is 12.4 Å². The molecule has 30 heavy (non-hydrogen) atoms. The van der Waals surface area contributed by atoms with E-state index < -0.39 is 0 Å². The molecule has 0 saturated heterocycles. The zero-order valence-corrected chi connectivity index (χ0v) is 16.6. The first kappa shape index (κ1) is 18.1.